The quantitative estimate of drug-likeness (QED) is 0.788. The summed E-state index contributed by atoms with van der Waals surface area (Å²) < 4.78 is 26.3. The molecule has 0 aliphatic rings. The van der Waals surface area contributed by atoms with E-state index in [2.05, 4.69) is 0 Å². The second-order valence-corrected chi connectivity index (χ2v) is 4.04. The van der Waals surface area contributed by atoms with Crippen LogP contribution in [0, 0.1) is 18.6 Å². The number of hydrogen-bond donors (Lipinski definition) is 1. The maximum absolute atomic E-state index is 13.2. The SMILES string of the molecule is Cc1ccc(C(O)C(Cl)Cl)c(F)c1F. The molecule has 1 unspecified atom stereocenters. The average Bonchev–Trinajstić information content (AvgIpc) is 2.13. The molecule has 0 amide bonds. The second-order valence-electron chi connectivity index (χ2n) is 2.88. The first kappa shape index (κ1) is 11.7. The lowest BCUT2D eigenvalue weighted by Crippen LogP contribution is -2.10. The highest BCUT2D eigenvalue weighted by Crippen LogP contribution is 2.28. The normalized spacial score (nSPS) is 13.4. The minimum Gasteiger partial charge on any atom is -0.385 e. The molecule has 14 heavy (non-hydrogen) atoms. The Morgan fingerprint density at radius 2 is 1.79 bits per heavy atom. The molecule has 0 saturated heterocycles. The van der Waals surface area contributed by atoms with Crippen molar-refractivity contribution >= 4 is 23.2 Å². The molecule has 1 aromatic carbocycles. The van der Waals surface area contributed by atoms with Crippen LogP contribution in [0.4, 0.5) is 8.78 Å². The number of benzene rings is 1. The lowest BCUT2D eigenvalue weighted by atomic mass is 10.1. The van der Waals surface area contributed by atoms with E-state index in [9.17, 15) is 13.9 Å². The summed E-state index contributed by atoms with van der Waals surface area (Å²) in [7, 11) is 0. The number of alkyl halides is 2. The number of rotatable bonds is 2. The highest BCUT2D eigenvalue weighted by atomic mass is 35.5. The predicted octanol–water partition coefficient (Wildman–Crippen LogP) is 3.11. The first-order chi connectivity index (χ1) is 6.45. The molecule has 0 saturated carbocycles. The number of hydrogen-bond acceptors (Lipinski definition) is 1. The van der Waals surface area contributed by atoms with E-state index in [0.717, 1.165) is 0 Å². The summed E-state index contributed by atoms with van der Waals surface area (Å²) in [5.41, 5.74) is -0.0674. The Hall–Kier alpha value is -0.380. The molecule has 0 spiro atoms. The molecule has 0 radical (unpaired) electrons. The fourth-order valence-corrected chi connectivity index (χ4v) is 1.30. The maximum Gasteiger partial charge on any atom is 0.164 e. The molecule has 0 bridgehead atoms. The van der Waals surface area contributed by atoms with Gasteiger partial charge in [-0.15, -0.1) is 23.2 Å². The molecule has 0 fully saturated rings. The summed E-state index contributed by atoms with van der Waals surface area (Å²) in [6, 6.07) is 2.61. The van der Waals surface area contributed by atoms with Crippen molar-refractivity contribution in [2.24, 2.45) is 0 Å². The van der Waals surface area contributed by atoms with E-state index < -0.39 is 22.6 Å². The van der Waals surface area contributed by atoms with Gasteiger partial charge in [-0.2, -0.15) is 0 Å². The van der Waals surface area contributed by atoms with Crippen LogP contribution in [0.15, 0.2) is 12.1 Å². The second kappa shape index (κ2) is 4.43. The van der Waals surface area contributed by atoms with Crippen LogP contribution in [-0.4, -0.2) is 9.94 Å². The molecule has 1 atom stereocenters. The van der Waals surface area contributed by atoms with Crippen molar-refractivity contribution in [1.82, 2.24) is 0 Å². The first-order valence-corrected chi connectivity index (χ1v) is 4.73. The molecule has 0 aromatic heterocycles. The van der Waals surface area contributed by atoms with Gasteiger partial charge in [0.1, 0.15) is 10.9 Å². The van der Waals surface area contributed by atoms with Gasteiger partial charge in [-0.1, -0.05) is 12.1 Å². The van der Waals surface area contributed by atoms with Crippen molar-refractivity contribution in [3.8, 4) is 0 Å². The fraction of sp³-hybridized carbons (Fsp3) is 0.333. The number of aliphatic hydroxyl groups excluding tert-OH is 1. The maximum atomic E-state index is 13.2. The molecular weight excluding hydrogens is 233 g/mol. The van der Waals surface area contributed by atoms with Crippen LogP contribution in [0.2, 0.25) is 0 Å². The number of aryl methyl sites for hydroxylation is 1. The van der Waals surface area contributed by atoms with Crippen LogP contribution in [0.5, 0.6) is 0 Å². The highest BCUT2D eigenvalue weighted by molar-refractivity contribution is 6.44. The lowest BCUT2D eigenvalue weighted by Gasteiger charge is -2.13. The third-order valence-corrected chi connectivity index (χ3v) is 2.34. The summed E-state index contributed by atoms with van der Waals surface area (Å²) >= 11 is 10.7. The molecule has 1 rings (SSSR count). The van der Waals surface area contributed by atoms with Crippen LogP contribution in [0.3, 0.4) is 0 Å². The summed E-state index contributed by atoms with van der Waals surface area (Å²) in [6.45, 7) is 1.42. The monoisotopic (exact) mass is 240 g/mol. The zero-order valence-corrected chi connectivity index (χ0v) is 8.78. The van der Waals surface area contributed by atoms with Gasteiger partial charge in [-0.3, -0.25) is 0 Å². The third-order valence-electron chi connectivity index (χ3n) is 1.86. The molecule has 5 heteroatoms. The smallest absolute Gasteiger partial charge is 0.164 e. The largest absolute Gasteiger partial charge is 0.385 e. The van der Waals surface area contributed by atoms with Gasteiger partial charge in [0.05, 0.1) is 0 Å². The first-order valence-electron chi connectivity index (χ1n) is 3.86. The average molecular weight is 241 g/mol. The molecule has 0 aliphatic carbocycles. The van der Waals surface area contributed by atoms with Crippen molar-refractivity contribution in [1.29, 1.82) is 0 Å². The van der Waals surface area contributed by atoms with Crippen LogP contribution in [0.25, 0.3) is 0 Å². The Labute approximate surface area is 90.3 Å². The van der Waals surface area contributed by atoms with Gasteiger partial charge in [-0.25, -0.2) is 8.78 Å². The standard InChI is InChI=1S/C9H8Cl2F2O/c1-4-2-3-5(7(13)6(4)12)8(14)9(10)11/h2-3,8-9,14H,1H3. The summed E-state index contributed by atoms with van der Waals surface area (Å²) in [5.74, 6) is -2.10. The molecule has 1 aromatic rings. The van der Waals surface area contributed by atoms with Gasteiger partial charge in [-0.05, 0) is 12.5 Å². The van der Waals surface area contributed by atoms with Crippen molar-refractivity contribution in [2.45, 2.75) is 17.9 Å². The highest BCUT2D eigenvalue weighted by Gasteiger charge is 2.22. The molecule has 0 heterocycles. The minimum atomic E-state index is -1.42. The van der Waals surface area contributed by atoms with Crippen LogP contribution in [-0.2, 0) is 0 Å². The van der Waals surface area contributed by atoms with Crippen molar-refractivity contribution in [3.63, 3.8) is 0 Å². The van der Waals surface area contributed by atoms with Gasteiger partial charge >= 0.3 is 0 Å². The predicted molar refractivity (Wildman–Crippen MR) is 51.5 cm³/mol. The fourth-order valence-electron chi connectivity index (χ4n) is 1.03. The van der Waals surface area contributed by atoms with E-state index in [4.69, 9.17) is 23.2 Å². The Morgan fingerprint density at radius 1 is 1.21 bits per heavy atom. The van der Waals surface area contributed by atoms with E-state index in [1.807, 2.05) is 0 Å². The van der Waals surface area contributed by atoms with Crippen molar-refractivity contribution < 1.29 is 13.9 Å². The Balaban J connectivity index is 3.17. The van der Waals surface area contributed by atoms with E-state index in [-0.39, 0.29) is 11.1 Å². The van der Waals surface area contributed by atoms with Gasteiger partial charge in [0, 0.05) is 5.56 Å². The van der Waals surface area contributed by atoms with Gasteiger partial charge in [0.25, 0.3) is 0 Å². The summed E-state index contributed by atoms with van der Waals surface area (Å²) in [5, 5.41) is 9.32. The van der Waals surface area contributed by atoms with Crippen molar-refractivity contribution in [2.75, 3.05) is 0 Å². The molecule has 78 valence electrons. The van der Waals surface area contributed by atoms with E-state index in [0.29, 0.717) is 0 Å². The lowest BCUT2D eigenvalue weighted by molar-refractivity contribution is 0.186. The zero-order valence-electron chi connectivity index (χ0n) is 7.27. The summed E-state index contributed by atoms with van der Waals surface area (Å²) in [4.78, 5) is -1.19. The van der Waals surface area contributed by atoms with Crippen LogP contribution < -0.4 is 0 Å². The molecule has 1 N–H and O–H groups in total. The van der Waals surface area contributed by atoms with Crippen LogP contribution in [0.1, 0.15) is 17.2 Å². The van der Waals surface area contributed by atoms with Crippen molar-refractivity contribution in [3.05, 3.63) is 34.9 Å². The number of aliphatic hydroxyl groups is 1. The molecule has 1 nitrogen and oxygen atoms in total. The van der Waals surface area contributed by atoms with Gasteiger partial charge < -0.3 is 5.11 Å². The van der Waals surface area contributed by atoms with E-state index in [1.54, 1.807) is 0 Å². The minimum absolute atomic E-state index is 0.166. The van der Waals surface area contributed by atoms with Gasteiger partial charge in [0.2, 0.25) is 0 Å². The third kappa shape index (κ3) is 2.16. The Morgan fingerprint density at radius 3 is 2.29 bits per heavy atom. The Kier molecular flexibility index (Phi) is 3.70. The number of halogens is 4. The molecular formula is C9H8Cl2F2O. The van der Waals surface area contributed by atoms with Gasteiger partial charge in [0.15, 0.2) is 11.6 Å². The zero-order chi connectivity index (χ0) is 10.9. The topological polar surface area (TPSA) is 20.2 Å². The Bertz CT molecular complexity index is 342. The molecule has 0 aliphatic heterocycles. The van der Waals surface area contributed by atoms with E-state index in [1.165, 1.54) is 19.1 Å². The van der Waals surface area contributed by atoms with Crippen LogP contribution >= 0.6 is 23.2 Å². The summed E-state index contributed by atoms with van der Waals surface area (Å²) in [6.07, 6.45) is -1.42. The van der Waals surface area contributed by atoms with E-state index >= 15 is 0 Å².